The lowest BCUT2D eigenvalue weighted by Gasteiger charge is -2.56. The number of benzene rings is 2. The Morgan fingerprint density at radius 3 is 2.31 bits per heavy atom. The molecule has 10 heteroatoms. The minimum absolute atomic E-state index is 0.0425. The van der Waals surface area contributed by atoms with Crippen molar-refractivity contribution in [3.05, 3.63) is 87.0 Å². The Morgan fingerprint density at radius 1 is 0.941 bits per heavy atom. The number of nitrogens with two attached hydrogens (primary N) is 1. The van der Waals surface area contributed by atoms with Crippen LogP contribution in [-0.4, -0.2) is 43.0 Å². The number of fused-ring (bicyclic) bond motifs is 3. The van der Waals surface area contributed by atoms with Gasteiger partial charge < -0.3 is 25.8 Å². The molecule has 2 aromatic heterocycles. The van der Waals surface area contributed by atoms with Crippen molar-refractivity contribution in [1.29, 1.82) is 0 Å². The fourth-order valence-electron chi connectivity index (χ4n) is 9.80. The Kier molecular flexibility index (Phi) is 8.71. The van der Waals surface area contributed by atoms with Crippen LogP contribution < -0.4 is 21.1 Å². The van der Waals surface area contributed by atoms with Crippen molar-refractivity contribution in [2.45, 2.75) is 65.3 Å². The van der Waals surface area contributed by atoms with E-state index in [0.717, 1.165) is 56.9 Å². The third-order valence-electron chi connectivity index (χ3n) is 11.6. The van der Waals surface area contributed by atoms with Gasteiger partial charge in [0, 0.05) is 52.3 Å². The highest BCUT2D eigenvalue weighted by molar-refractivity contribution is 7.13. The standard InChI is InChI=1S/C41H44N4O5S/c1-22-10-27(20-42)11-23(2)35(22)45-38(46)31-15-32-34(50-8-6-28-7-9-51-37(28)32)16-30(31)29-4-5-33(44-36(29)40(48)49-3)39(47)43-21-41-17-24-12-25(18-41)14-26(13-24)19-41/h4-5,7,9-11,15-16,24-26H,6,8,12-14,17-21,42H2,1-3H3,(H,43,47)(H,45,46). The summed E-state index contributed by atoms with van der Waals surface area (Å²) in [5.74, 6) is 1.56. The zero-order valence-corrected chi connectivity index (χ0v) is 30.2. The number of carbonyl (C=O) groups is 3. The number of thiophene rings is 1. The van der Waals surface area contributed by atoms with Gasteiger partial charge in [0.15, 0.2) is 5.69 Å². The van der Waals surface area contributed by atoms with Crippen molar-refractivity contribution < 1.29 is 23.9 Å². The molecule has 0 atom stereocenters. The topological polar surface area (TPSA) is 133 Å². The summed E-state index contributed by atoms with van der Waals surface area (Å²) >= 11 is 1.60. The second kappa shape index (κ2) is 13.2. The van der Waals surface area contributed by atoms with Crippen molar-refractivity contribution in [2.24, 2.45) is 28.9 Å². The Balaban J connectivity index is 1.17. The quantitative estimate of drug-likeness (QED) is 0.162. The highest BCUT2D eigenvalue weighted by atomic mass is 32.1. The summed E-state index contributed by atoms with van der Waals surface area (Å²) in [6.45, 7) is 5.37. The van der Waals surface area contributed by atoms with E-state index in [4.69, 9.17) is 15.2 Å². The molecule has 0 saturated heterocycles. The number of aromatic nitrogens is 1. The molecular weight excluding hydrogens is 661 g/mol. The fourth-order valence-corrected chi connectivity index (χ4v) is 10.8. The minimum Gasteiger partial charge on any atom is -0.493 e. The van der Waals surface area contributed by atoms with Crippen LogP contribution in [0.1, 0.15) is 92.1 Å². The molecule has 0 radical (unpaired) electrons. The summed E-state index contributed by atoms with van der Waals surface area (Å²) < 4.78 is 11.5. The second-order valence-electron chi connectivity index (χ2n) is 15.2. The summed E-state index contributed by atoms with van der Waals surface area (Å²) in [5.41, 5.74) is 12.8. The molecule has 1 aliphatic heterocycles. The van der Waals surface area contributed by atoms with E-state index < -0.39 is 5.97 Å². The van der Waals surface area contributed by atoms with Gasteiger partial charge in [-0.1, -0.05) is 12.1 Å². The predicted molar refractivity (Wildman–Crippen MR) is 198 cm³/mol. The van der Waals surface area contributed by atoms with Crippen molar-refractivity contribution in [3.8, 4) is 27.3 Å². The van der Waals surface area contributed by atoms with Crippen LogP contribution in [0, 0.1) is 37.0 Å². The number of carbonyl (C=O) groups excluding carboxylic acids is 3. The van der Waals surface area contributed by atoms with E-state index in [2.05, 4.69) is 21.7 Å². The SMILES string of the molecule is COC(=O)c1nc(C(=O)NCC23CC4CC(CC(C4)C2)C3)ccc1-c1cc2c(cc1C(=O)Nc1c(C)cc(CN)cc1C)-c1sccc1CCO2. The first-order chi connectivity index (χ1) is 24.6. The maximum Gasteiger partial charge on any atom is 0.357 e. The molecule has 4 saturated carbocycles. The molecule has 51 heavy (non-hydrogen) atoms. The van der Waals surface area contributed by atoms with Gasteiger partial charge in [0.05, 0.1) is 13.7 Å². The number of aryl methyl sites for hydroxylation is 2. The maximum absolute atomic E-state index is 14.4. The summed E-state index contributed by atoms with van der Waals surface area (Å²) in [6, 6.07) is 13.0. The highest BCUT2D eigenvalue weighted by Crippen LogP contribution is 2.59. The van der Waals surface area contributed by atoms with E-state index >= 15 is 0 Å². The van der Waals surface area contributed by atoms with Crippen LogP contribution >= 0.6 is 11.3 Å². The van der Waals surface area contributed by atoms with Gasteiger partial charge >= 0.3 is 5.97 Å². The number of rotatable bonds is 8. The average Bonchev–Trinajstić information content (AvgIpc) is 3.51. The third kappa shape index (κ3) is 6.22. The number of hydrogen-bond donors (Lipinski definition) is 3. The number of amides is 2. The van der Waals surface area contributed by atoms with Crippen LogP contribution in [0.25, 0.3) is 21.6 Å². The monoisotopic (exact) mass is 704 g/mol. The molecule has 4 bridgehead atoms. The van der Waals surface area contributed by atoms with Gasteiger partial charge in [-0.25, -0.2) is 9.78 Å². The van der Waals surface area contributed by atoms with Gasteiger partial charge in [-0.3, -0.25) is 9.59 Å². The van der Waals surface area contributed by atoms with Crippen molar-refractivity contribution in [1.82, 2.24) is 10.3 Å². The molecule has 9 nitrogen and oxygen atoms in total. The molecule has 2 amide bonds. The molecule has 9 rings (SSSR count). The van der Waals surface area contributed by atoms with Gasteiger partial charge in [-0.15, -0.1) is 11.3 Å². The number of esters is 1. The van der Waals surface area contributed by atoms with Crippen LogP contribution in [0.4, 0.5) is 5.69 Å². The lowest BCUT2D eigenvalue weighted by molar-refractivity contribution is -0.0503. The third-order valence-corrected chi connectivity index (χ3v) is 12.6. The molecule has 264 valence electrons. The molecule has 5 aliphatic rings. The molecule has 4 fully saturated rings. The number of nitrogens with zero attached hydrogens (tertiary/aromatic N) is 1. The largest absolute Gasteiger partial charge is 0.493 e. The molecular formula is C41H44N4O5S. The molecule has 0 spiro atoms. The van der Waals surface area contributed by atoms with E-state index in [1.54, 1.807) is 23.5 Å². The second-order valence-corrected chi connectivity index (χ2v) is 16.1. The zero-order chi connectivity index (χ0) is 35.4. The summed E-state index contributed by atoms with van der Waals surface area (Å²) in [7, 11) is 1.29. The van der Waals surface area contributed by atoms with Crippen LogP contribution in [0.2, 0.25) is 0 Å². The van der Waals surface area contributed by atoms with Gasteiger partial charge in [0.1, 0.15) is 11.4 Å². The van der Waals surface area contributed by atoms with Crippen LogP contribution in [0.15, 0.2) is 47.8 Å². The first kappa shape index (κ1) is 33.6. The molecule has 2 aromatic carbocycles. The molecule has 0 unspecified atom stereocenters. The Bertz CT molecular complexity index is 2010. The van der Waals surface area contributed by atoms with E-state index in [-0.39, 0.29) is 28.6 Å². The van der Waals surface area contributed by atoms with E-state index in [0.29, 0.717) is 47.8 Å². The Hall–Kier alpha value is -4.54. The van der Waals surface area contributed by atoms with Gasteiger partial charge in [-0.05, 0) is 134 Å². The van der Waals surface area contributed by atoms with Crippen molar-refractivity contribution in [3.63, 3.8) is 0 Å². The van der Waals surface area contributed by atoms with E-state index in [9.17, 15) is 14.4 Å². The number of methoxy groups -OCH3 is 1. The summed E-state index contributed by atoms with van der Waals surface area (Å²) in [6.07, 6.45) is 8.26. The lowest BCUT2D eigenvalue weighted by atomic mass is 9.49. The summed E-state index contributed by atoms with van der Waals surface area (Å²) in [4.78, 5) is 47.1. The van der Waals surface area contributed by atoms with Crippen LogP contribution in [0.3, 0.4) is 0 Å². The van der Waals surface area contributed by atoms with Gasteiger partial charge in [0.2, 0.25) is 0 Å². The maximum atomic E-state index is 14.4. The Labute approximate surface area is 302 Å². The predicted octanol–water partition coefficient (Wildman–Crippen LogP) is 7.47. The van der Waals surface area contributed by atoms with Crippen molar-refractivity contribution >= 4 is 34.8 Å². The van der Waals surface area contributed by atoms with Crippen LogP contribution in [0.5, 0.6) is 5.75 Å². The Morgan fingerprint density at radius 2 is 1.65 bits per heavy atom. The fraction of sp³-hybridized carbons (Fsp3) is 0.415. The molecule has 4 N–H and O–H groups in total. The molecule has 4 aromatic rings. The molecule has 4 aliphatic carbocycles. The number of nitrogens with one attached hydrogen (secondary N) is 2. The molecule has 3 heterocycles. The van der Waals surface area contributed by atoms with Gasteiger partial charge in [0.25, 0.3) is 11.8 Å². The smallest absolute Gasteiger partial charge is 0.357 e. The minimum atomic E-state index is -0.701. The number of hydrogen-bond acceptors (Lipinski definition) is 8. The normalized spacial score (nSPS) is 22.7. The summed E-state index contributed by atoms with van der Waals surface area (Å²) in [5, 5.41) is 8.37. The highest BCUT2D eigenvalue weighted by Gasteiger charge is 2.50. The lowest BCUT2D eigenvalue weighted by Crippen LogP contribution is -2.51. The first-order valence-corrected chi connectivity index (χ1v) is 18.9. The van der Waals surface area contributed by atoms with Crippen LogP contribution in [-0.2, 0) is 17.7 Å². The zero-order valence-electron chi connectivity index (χ0n) is 29.4. The van der Waals surface area contributed by atoms with Crippen molar-refractivity contribution in [2.75, 3.05) is 25.6 Å². The van der Waals surface area contributed by atoms with Gasteiger partial charge in [-0.2, -0.15) is 0 Å². The average molecular weight is 705 g/mol. The number of pyridine rings is 1. The first-order valence-electron chi connectivity index (χ1n) is 18.0. The van der Waals surface area contributed by atoms with E-state index in [1.807, 2.05) is 43.5 Å². The number of ether oxygens (including phenoxy) is 2. The number of anilines is 1. The van der Waals surface area contributed by atoms with E-state index in [1.165, 1.54) is 45.6 Å².